The minimum Gasteiger partial charge on any atom is -0.298 e. The van der Waals surface area contributed by atoms with E-state index in [1.165, 1.54) is 22.9 Å². The summed E-state index contributed by atoms with van der Waals surface area (Å²) in [4.78, 5) is 22.7. The van der Waals surface area contributed by atoms with Crippen LogP contribution in [0, 0.1) is 13.8 Å². The van der Waals surface area contributed by atoms with Crippen molar-refractivity contribution in [3.63, 3.8) is 0 Å². The van der Waals surface area contributed by atoms with E-state index < -0.39 is 6.17 Å². The van der Waals surface area contributed by atoms with E-state index in [0.717, 1.165) is 22.0 Å². The molecule has 31 heavy (non-hydrogen) atoms. The van der Waals surface area contributed by atoms with Crippen LogP contribution in [-0.2, 0) is 10.5 Å². The van der Waals surface area contributed by atoms with Gasteiger partial charge in [0.25, 0.3) is 5.91 Å². The number of aromatic nitrogens is 1. The standard InChI is InChI=1S/C24H21N5OS/c1-15-10-12-17(13-11-15)14-31-24-27-23(30)21-18-7-3-4-8-19(18)26-22(29(21)28-24)20-9-5-6-16(2)25-20/h3-13,22H,14H2,1-2H3,(H,27,28,30)/t22-/m1/s1. The van der Waals surface area contributed by atoms with Gasteiger partial charge < -0.3 is 0 Å². The summed E-state index contributed by atoms with van der Waals surface area (Å²) in [5.74, 6) is 0.533. The molecule has 0 saturated carbocycles. The number of hydrazone groups is 1. The molecular weight excluding hydrogens is 406 g/mol. The Bertz CT molecular complexity index is 1320. The van der Waals surface area contributed by atoms with Crippen LogP contribution in [0.25, 0.3) is 5.70 Å². The average Bonchev–Trinajstić information content (AvgIpc) is 2.78. The average molecular weight is 428 g/mol. The Hall–Kier alpha value is -3.45. The molecule has 1 amide bonds. The molecule has 0 unspecified atom stereocenters. The fourth-order valence-corrected chi connectivity index (χ4v) is 4.44. The Morgan fingerprint density at radius 3 is 2.61 bits per heavy atom. The number of hydrogen-bond acceptors (Lipinski definition) is 6. The summed E-state index contributed by atoms with van der Waals surface area (Å²) in [6.07, 6.45) is -0.495. The number of benzene rings is 2. The topological polar surface area (TPSA) is 70.0 Å². The number of nitrogens with one attached hydrogen (secondary N) is 1. The van der Waals surface area contributed by atoms with Crippen LogP contribution >= 0.6 is 11.8 Å². The summed E-state index contributed by atoms with van der Waals surface area (Å²) in [6, 6.07) is 21.8. The predicted octanol–water partition coefficient (Wildman–Crippen LogP) is 2.77. The lowest BCUT2D eigenvalue weighted by Gasteiger charge is -2.33. The number of carbonyl (C=O) groups is 1. The SMILES string of the molecule is Cc1ccc(CSC2=NN3C(=c4ccccc4=N[C@H]3c3cccc(C)n3)C(=O)N2)cc1. The zero-order valence-electron chi connectivity index (χ0n) is 17.2. The fraction of sp³-hybridized carbons (Fsp3) is 0.167. The maximum Gasteiger partial charge on any atom is 0.276 e. The summed E-state index contributed by atoms with van der Waals surface area (Å²) in [6.45, 7) is 4.01. The van der Waals surface area contributed by atoms with E-state index in [-0.39, 0.29) is 5.91 Å². The molecule has 6 nitrogen and oxygen atoms in total. The molecule has 154 valence electrons. The highest BCUT2D eigenvalue weighted by Crippen LogP contribution is 2.30. The van der Waals surface area contributed by atoms with E-state index in [4.69, 9.17) is 10.1 Å². The first-order chi connectivity index (χ1) is 15.1. The molecule has 3 heterocycles. The van der Waals surface area contributed by atoms with Crippen LogP contribution < -0.4 is 15.9 Å². The van der Waals surface area contributed by atoms with Crippen molar-refractivity contribution in [3.05, 3.63) is 99.8 Å². The van der Waals surface area contributed by atoms with Crippen LogP contribution in [0.1, 0.15) is 28.7 Å². The van der Waals surface area contributed by atoms with E-state index in [0.29, 0.717) is 16.6 Å². The number of thioether (sulfide) groups is 1. The maximum absolute atomic E-state index is 13.2. The number of nitrogens with zero attached hydrogens (tertiary/aromatic N) is 4. The highest BCUT2D eigenvalue weighted by molar-refractivity contribution is 8.13. The molecule has 5 rings (SSSR count). The van der Waals surface area contributed by atoms with Crippen molar-refractivity contribution in [3.8, 4) is 0 Å². The molecule has 2 aliphatic heterocycles. The number of carbonyl (C=O) groups excluding carboxylic acids is 1. The van der Waals surface area contributed by atoms with E-state index in [1.807, 2.05) is 49.4 Å². The van der Waals surface area contributed by atoms with E-state index in [1.54, 1.807) is 5.01 Å². The number of para-hydroxylation sites is 1. The number of hydrogen-bond donors (Lipinski definition) is 1. The van der Waals surface area contributed by atoms with Gasteiger partial charge in [0.05, 0.1) is 11.1 Å². The molecule has 7 heteroatoms. The largest absolute Gasteiger partial charge is 0.298 e. The van der Waals surface area contributed by atoms with Crippen LogP contribution in [-0.4, -0.2) is 21.1 Å². The first kappa shape index (κ1) is 19.5. The Morgan fingerprint density at radius 1 is 1.00 bits per heavy atom. The summed E-state index contributed by atoms with van der Waals surface area (Å²) in [5.41, 5.74) is 4.55. The zero-order chi connectivity index (χ0) is 21.4. The van der Waals surface area contributed by atoms with E-state index in [2.05, 4.69) is 41.5 Å². The van der Waals surface area contributed by atoms with Gasteiger partial charge in [0.2, 0.25) is 0 Å². The molecule has 1 N–H and O–H groups in total. The van der Waals surface area contributed by atoms with Gasteiger partial charge in [0, 0.05) is 16.7 Å². The lowest BCUT2D eigenvalue weighted by Crippen LogP contribution is -2.50. The lowest BCUT2D eigenvalue weighted by atomic mass is 10.1. The second kappa shape index (κ2) is 8.00. The molecular formula is C24H21N5OS. The Kier molecular flexibility index (Phi) is 5.03. The van der Waals surface area contributed by atoms with Gasteiger partial charge in [-0.15, -0.1) is 5.10 Å². The van der Waals surface area contributed by atoms with E-state index in [9.17, 15) is 4.79 Å². The van der Waals surface area contributed by atoms with Crippen molar-refractivity contribution in [2.75, 3.05) is 0 Å². The molecule has 0 aliphatic carbocycles. The Balaban J connectivity index is 1.55. The van der Waals surface area contributed by atoms with E-state index >= 15 is 0 Å². The maximum atomic E-state index is 13.2. The number of pyridine rings is 1. The summed E-state index contributed by atoms with van der Waals surface area (Å²) >= 11 is 1.50. The molecule has 3 aromatic rings. The second-order valence-corrected chi connectivity index (χ2v) is 8.51. The predicted molar refractivity (Wildman–Crippen MR) is 122 cm³/mol. The van der Waals surface area contributed by atoms with Crippen molar-refractivity contribution >= 4 is 28.5 Å². The quantitative estimate of drug-likeness (QED) is 0.698. The zero-order valence-corrected chi connectivity index (χ0v) is 18.1. The third kappa shape index (κ3) is 3.84. The molecule has 0 saturated heterocycles. The normalized spacial score (nSPS) is 17.3. The summed E-state index contributed by atoms with van der Waals surface area (Å²) < 4.78 is 0. The first-order valence-electron chi connectivity index (χ1n) is 10.1. The molecule has 0 bridgehead atoms. The van der Waals surface area contributed by atoms with Gasteiger partial charge in [-0.05, 0) is 37.6 Å². The number of fused-ring (bicyclic) bond motifs is 2. The van der Waals surface area contributed by atoms with Gasteiger partial charge in [-0.3, -0.25) is 20.1 Å². The summed E-state index contributed by atoms with van der Waals surface area (Å²) in [7, 11) is 0. The van der Waals surface area contributed by atoms with Crippen molar-refractivity contribution < 1.29 is 4.79 Å². The van der Waals surface area contributed by atoms with Crippen LogP contribution in [0.15, 0.2) is 76.8 Å². The first-order valence-corrected chi connectivity index (χ1v) is 11.1. The smallest absolute Gasteiger partial charge is 0.276 e. The highest BCUT2D eigenvalue weighted by atomic mass is 32.2. The third-order valence-electron chi connectivity index (χ3n) is 5.19. The number of amides is 1. The highest BCUT2D eigenvalue weighted by Gasteiger charge is 2.35. The lowest BCUT2D eigenvalue weighted by molar-refractivity contribution is -0.116. The van der Waals surface area contributed by atoms with Crippen molar-refractivity contribution in [1.29, 1.82) is 0 Å². The molecule has 0 spiro atoms. The van der Waals surface area contributed by atoms with Gasteiger partial charge in [-0.2, -0.15) is 0 Å². The monoisotopic (exact) mass is 427 g/mol. The molecule has 1 atom stereocenters. The van der Waals surface area contributed by atoms with Gasteiger partial charge >= 0.3 is 0 Å². The third-order valence-corrected chi connectivity index (χ3v) is 6.12. The number of amidine groups is 1. The van der Waals surface area contributed by atoms with Crippen LogP contribution in [0.4, 0.5) is 0 Å². The molecule has 0 radical (unpaired) electrons. The number of aryl methyl sites for hydroxylation is 2. The van der Waals surface area contributed by atoms with Crippen LogP contribution in [0.2, 0.25) is 0 Å². The molecule has 2 aliphatic rings. The molecule has 1 aromatic heterocycles. The second-order valence-electron chi connectivity index (χ2n) is 7.55. The Morgan fingerprint density at radius 2 is 1.81 bits per heavy atom. The van der Waals surface area contributed by atoms with Crippen molar-refractivity contribution in [2.45, 2.75) is 25.8 Å². The van der Waals surface area contributed by atoms with Crippen LogP contribution in [0.5, 0.6) is 0 Å². The van der Waals surface area contributed by atoms with Crippen molar-refractivity contribution in [2.24, 2.45) is 10.1 Å². The van der Waals surface area contributed by atoms with Gasteiger partial charge in [-0.1, -0.05) is 65.9 Å². The van der Waals surface area contributed by atoms with Gasteiger partial charge in [0.1, 0.15) is 5.70 Å². The summed E-state index contributed by atoms with van der Waals surface area (Å²) in [5, 5.41) is 11.5. The van der Waals surface area contributed by atoms with Gasteiger partial charge in [-0.25, -0.2) is 5.01 Å². The minimum atomic E-state index is -0.495. The fourth-order valence-electron chi connectivity index (χ4n) is 3.63. The van der Waals surface area contributed by atoms with Crippen molar-refractivity contribution in [1.82, 2.24) is 15.3 Å². The molecule has 2 aromatic carbocycles. The minimum absolute atomic E-state index is 0.179. The van der Waals surface area contributed by atoms with Gasteiger partial charge in [0.15, 0.2) is 11.3 Å². The molecule has 0 fully saturated rings. The number of rotatable bonds is 3. The van der Waals surface area contributed by atoms with Crippen LogP contribution in [0.3, 0.4) is 0 Å². The Labute approximate surface area is 184 Å².